The maximum absolute atomic E-state index is 12.4. The molecule has 0 spiro atoms. The topological polar surface area (TPSA) is 81.7 Å². The highest BCUT2D eigenvalue weighted by Crippen LogP contribution is 2.23. The molecule has 8 heteroatoms. The fourth-order valence-corrected chi connectivity index (χ4v) is 3.87. The molecule has 6 nitrogen and oxygen atoms in total. The number of hydrogen-bond donors (Lipinski definition) is 1. The molecule has 0 unspecified atom stereocenters. The molecule has 0 amide bonds. The highest BCUT2D eigenvalue weighted by molar-refractivity contribution is 7.89. The van der Waals surface area contributed by atoms with E-state index >= 15 is 0 Å². The summed E-state index contributed by atoms with van der Waals surface area (Å²) in [6, 6.07) is 4.00. The number of carbonyl (C=O) groups excluding carboxylic acids is 1. The van der Waals surface area contributed by atoms with Crippen molar-refractivity contribution >= 4 is 27.6 Å². The molecule has 1 N–H and O–H groups in total. The summed E-state index contributed by atoms with van der Waals surface area (Å²) in [5.74, 6) is -0.472. The lowest BCUT2D eigenvalue weighted by Gasteiger charge is -2.22. The zero-order valence-corrected chi connectivity index (χ0v) is 13.7. The molecule has 1 aliphatic rings. The van der Waals surface area contributed by atoms with Crippen LogP contribution in [0.15, 0.2) is 23.1 Å². The Hall–Kier alpha value is -1.15. The average molecular weight is 348 g/mol. The van der Waals surface area contributed by atoms with E-state index in [4.69, 9.17) is 16.3 Å². The number of sulfonamides is 1. The average Bonchev–Trinajstić information content (AvgIpc) is 2.53. The smallest absolute Gasteiger partial charge is 0.337 e. The minimum absolute atomic E-state index is 0.0556. The van der Waals surface area contributed by atoms with Gasteiger partial charge in [-0.25, -0.2) is 17.9 Å². The number of nitrogens with one attached hydrogen (secondary N) is 1. The van der Waals surface area contributed by atoms with E-state index in [1.165, 1.54) is 25.3 Å². The lowest BCUT2D eigenvalue weighted by Crippen LogP contribution is -2.33. The fraction of sp³-hybridized carbons (Fsp3) is 0.500. The van der Waals surface area contributed by atoms with Crippen LogP contribution in [0.4, 0.5) is 0 Å². The highest BCUT2D eigenvalue weighted by Gasteiger charge is 2.22. The lowest BCUT2D eigenvalue weighted by atomic mass is 10.0. The molecular weight excluding hydrogens is 330 g/mol. The zero-order valence-electron chi connectivity index (χ0n) is 12.2. The molecule has 2 rings (SSSR count). The van der Waals surface area contributed by atoms with Crippen LogP contribution in [0.3, 0.4) is 0 Å². The van der Waals surface area contributed by atoms with Crippen LogP contribution in [0.25, 0.3) is 0 Å². The Morgan fingerprint density at radius 2 is 2.27 bits per heavy atom. The van der Waals surface area contributed by atoms with Crippen LogP contribution in [0.2, 0.25) is 5.02 Å². The molecule has 1 heterocycles. The van der Waals surface area contributed by atoms with Gasteiger partial charge in [-0.15, -0.1) is 0 Å². The summed E-state index contributed by atoms with van der Waals surface area (Å²) in [5, 5.41) is 0.0556. The first kappa shape index (κ1) is 17.2. The zero-order chi connectivity index (χ0) is 16.2. The predicted octanol–water partition coefficient (Wildman–Crippen LogP) is 1.83. The molecule has 0 aromatic heterocycles. The molecule has 1 atom stereocenters. The second-order valence-corrected chi connectivity index (χ2v) is 7.21. The van der Waals surface area contributed by atoms with Crippen molar-refractivity contribution in [3.8, 4) is 0 Å². The number of esters is 1. The highest BCUT2D eigenvalue weighted by atomic mass is 35.5. The Bertz CT molecular complexity index is 641. The Balaban J connectivity index is 2.15. The van der Waals surface area contributed by atoms with Crippen molar-refractivity contribution in [1.29, 1.82) is 0 Å². The van der Waals surface area contributed by atoms with Crippen LogP contribution in [0.5, 0.6) is 0 Å². The van der Waals surface area contributed by atoms with Crippen LogP contribution in [0, 0.1) is 5.92 Å². The van der Waals surface area contributed by atoms with Crippen molar-refractivity contribution in [1.82, 2.24) is 4.72 Å². The van der Waals surface area contributed by atoms with E-state index in [2.05, 4.69) is 9.46 Å². The summed E-state index contributed by atoms with van der Waals surface area (Å²) in [4.78, 5) is 11.4. The third-order valence-corrected chi connectivity index (χ3v) is 5.36. The van der Waals surface area contributed by atoms with E-state index in [9.17, 15) is 13.2 Å². The standard InChI is InChI=1S/C14H18ClNO5S/c1-20-14(17)11-4-5-12(15)13(7-11)22(18,19)16-8-10-3-2-6-21-9-10/h4-5,7,10,16H,2-3,6,8-9H2,1H3/t10-/m0/s1. The minimum Gasteiger partial charge on any atom is -0.465 e. The van der Waals surface area contributed by atoms with Crippen molar-refractivity contribution in [2.24, 2.45) is 5.92 Å². The first-order valence-corrected chi connectivity index (χ1v) is 8.75. The summed E-state index contributed by atoms with van der Waals surface area (Å²) in [6.07, 6.45) is 1.84. The molecule has 0 bridgehead atoms. The fourth-order valence-electron chi connectivity index (χ4n) is 2.23. The maximum Gasteiger partial charge on any atom is 0.337 e. The van der Waals surface area contributed by atoms with Crippen molar-refractivity contribution < 1.29 is 22.7 Å². The largest absolute Gasteiger partial charge is 0.465 e. The van der Waals surface area contributed by atoms with Gasteiger partial charge >= 0.3 is 5.97 Å². The Morgan fingerprint density at radius 1 is 1.50 bits per heavy atom. The van der Waals surface area contributed by atoms with Gasteiger partial charge in [-0.1, -0.05) is 11.6 Å². The molecule has 0 radical (unpaired) electrons. The third-order valence-electron chi connectivity index (χ3n) is 3.46. The number of benzene rings is 1. The number of ether oxygens (including phenoxy) is 2. The summed E-state index contributed by atoms with van der Waals surface area (Å²) >= 11 is 5.95. The first-order chi connectivity index (χ1) is 10.4. The molecular formula is C14H18ClNO5S. The van der Waals surface area contributed by atoms with Crippen molar-refractivity contribution in [3.63, 3.8) is 0 Å². The quantitative estimate of drug-likeness (QED) is 0.822. The molecule has 122 valence electrons. The predicted molar refractivity (Wildman–Crippen MR) is 81.5 cm³/mol. The number of carbonyl (C=O) groups is 1. The molecule has 1 fully saturated rings. The molecule has 22 heavy (non-hydrogen) atoms. The van der Waals surface area contributed by atoms with Gasteiger partial charge in [-0.3, -0.25) is 0 Å². The van der Waals surface area contributed by atoms with E-state index < -0.39 is 16.0 Å². The van der Waals surface area contributed by atoms with Crippen LogP contribution in [-0.4, -0.2) is 41.3 Å². The van der Waals surface area contributed by atoms with Crippen LogP contribution in [-0.2, 0) is 19.5 Å². The van der Waals surface area contributed by atoms with E-state index in [-0.39, 0.29) is 27.9 Å². The molecule has 0 aliphatic carbocycles. The van der Waals surface area contributed by atoms with Gasteiger partial charge in [0.25, 0.3) is 0 Å². The van der Waals surface area contributed by atoms with Crippen LogP contribution >= 0.6 is 11.6 Å². The number of rotatable bonds is 5. The van der Waals surface area contributed by atoms with Gasteiger partial charge in [0.05, 0.1) is 24.3 Å². The van der Waals surface area contributed by atoms with Crippen LogP contribution < -0.4 is 4.72 Å². The van der Waals surface area contributed by atoms with E-state index in [1.54, 1.807) is 0 Å². The maximum atomic E-state index is 12.4. The normalized spacial score (nSPS) is 18.9. The van der Waals surface area contributed by atoms with Gasteiger partial charge in [0, 0.05) is 13.2 Å². The van der Waals surface area contributed by atoms with Gasteiger partial charge in [0.1, 0.15) is 4.90 Å². The Morgan fingerprint density at radius 3 is 2.91 bits per heavy atom. The van der Waals surface area contributed by atoms with Gasteiger partial charge < -0.3 is 9.47 Å². The van der Waals surface area contributed by atoms with Gasteiger partial charge in [0.2, 0.25) is 10.0 Å². The lowest BCUT2D eigenvalue weighted by molar-refractivity contribution is 0.0568. The first-order valence-electron chi connectivity index (χ1n) is 6.89. The SMILES string of the molecule is COC(=O)c1ccc(Cl)c(S(=O)(=O)NC[C@@H]2CCCOC2)c1. The second kappa shape index (κ2) is 7.41. The summed E-state index contributed by atoms with van der Waals surface area (Å²) in [6.45, 7) is 1.54. The summed E-state index contributed by atoms with van der Waals surface area (Å²) < 4.78 is 37.2. The van der Waals surface area contributed by atoms with Crippen LogP contribution in [0.1, 0.15) is 23.2 Å². The monoisotopic (exact) mass is 347 g/mol. The number of hydrogen-bond acceptors (Lipinski definition) is 5. The molecule has 1 aromatic carbocycles. The van der Waals surface area contributed by atoms with Gasteiger partial charge in [-0.05, 0) is 37.0 Å². The second-order valence-electron chi connectivity index (χ2n) is 5.07. The van der Waals surface area contributed by atoms with Crippen molar-refractivity contribution in [3.05, 3.63) is 28.8 Å². The summed E-state index contributed by atoms with van der Waals surface area (Å²) in [7, 11) is -2.57. The van der Waals surface area contributed by atoms with Gasteiger partial charge in [0.15, 0.2) is 0 Å². The van der Waals surface area contributed by atoms with E-state index in [0.717, 1.165) is 19.4 Å². The summed E-state index contributed by atoms with van der Waals surface area (Å²) in [5.41, 5.74) is 0.133. The molecule has 0 saturated carbocycles. The van der Waals surface area contributed by atoms with Gasteiger partial charge in [-0.2, -0.15) is 0 Å². The number of halogens is 1. The molecule has 1 saturated heterocycles. The third kappa shape index (κ3) is 4.19. The van der Waals surface area contributed by atoms with Crippen molar-refractivity contribution in [2.45, 2.75) is 17.7 Å². The minimum atomic E-state index is -3.80. The Kier molecular flexibility index (Phi) is 5.80. The molecule has 1 aromatic rings. The number of methoxy groups -OCH3 is 1. The van der Waals surface area contributed by atoms with Crippen molar-refractivity contribution in [2.75, 3.05) is 26.9 Å². The molecule has 1 aliphatic heterocycles. The van der Waals surface area contributed by atoms with E-state index in [1.807, 2.05) is 0 Å². The van der Waals surface area contributed by atoms with E-state index in [0.29, 0.717) is 6.61 Å². The Labute approximate surface area is 134 Å².